The predicted molar refractivity (Wildman–Crippen MR) is 76.0 cm³/mol. The molecule has 2 heterocycles. The fraction of sp³-hybridized carbons (Fsp3) is 0.571. The summed E-state index contributed by atoms with van der Waals surface area (Å²) in [6.45, 7) is 6.23. The fourth-order valence-electron chi connectivity index (χ4n) is 3.00. The van der Waals surface area contributed by atoms with E-state index in [9.17, 15) is 20.0 Å². The fourth-order valence-corrected chi connectivity index (χ4v) is 3.00. The second-order valence-corrected chi connectivity index (χ2v) is 5.64. The minimum atomic E-state index is -0.848. The maximum Gasteiger partial charge on any atom is 0.321 e. The van der Waals surface area contributed by atoms with Gasteiger partial charge in [0.1, 0.15) is 6.04 Å². The van der Waals surface area contributed by atoms with Crippen LogP contribution in [0, 0.1) is 29.9 Å². The lowest BCUT2D eigenvalue weighted by Gasteiger charge is -2.23. The Morgan fingerprint density at radius 1 is 1.57 bits per heavy atom. The van der Waals surface area contributed by atoms with Crippen LogP contribution in [0.4, 0.5) is 5.69 Å². The number of pyridine rings is 1. The van der Waals surface area contributed by atoms with Gasteiger partial charge >= 0.3 is 5.97 Å². The highest BCUT2D eigenvalue weighted by molar-refractivity contribution is 5.74. The summed E-state index contributed by atoms with van der Waals surface area (Å²) in [7, 11) is 0. The smallest absolute Gasteiger partial charge is 0.321 e. The molecule has 0 spiro atoms. The van der Waals surface area contributed by atoms with Crippen molar-refractivity contribution in [1.82, 2.24) is 9.88 Å². The number of aromatic nitrogens is 1. The van der Waals surface area contributed by atoms with Crippen molar-refractivity contribution >= 4 is 11.7 Å². The summed E-state index contributed by atoms with van der Waals surface area (Å²) in [4.78, 5) is 28.2. The van der Waals surface area contributed by atoms with Crippen LogP contribution in [0.1, 0.15) is 30.2 Å². The van der Waals surface area contributed by atoms with Gasteiger partial charge in [0.15, 0.2) is 0 Å². The highest BCUT2D eigenvalue weighted by Crippen LogP contribution is 2.29. The molecule has 1 saturated heterocycles. The molecule has 7 heteroatoms. The molecule has 1 aliphatic rings. The Morgan fingerprint density at radius 3 is 2.81 bits per heavy atom. The van der Waals surface area contributed by atoms with Crippen molar-refractivity contribution in [2.75, 3.05) is 6.54 Å². The molecule has 2 unspecified atom stereocenters. The summed E-state index contributed by atoms with van der Waals surface area (Å²) >= 11 is 0. The lowest BCUT2D eigenvalue weighted by atomic mass is 10.0. The van der Waals surface area contributed by atoms with E-state index in [0.717, 1.165) is 6.42 Å². The first-order valence-electron chi connectivity index (χ1n) is 6.89. The number of hydrogen-bond donors (Lipinski definition) is 1. The summed E-state index contributed by atoms with van der Waals surface area (Å²) in [5, 5.41) is 20.4. The highest BCUT2D eigenvalue weighted by Gasteiger charge is 2.37. The molecule has 2 atom stereocenters. The number of rotatable bonds is 4. The Morgan fingerprint density at radius 2 is 2.24 bits per heavy atom. The van der Waals surface area contributed by atoms with Gasteiger partial charge in [-0.2, -0.15) is 0 Å². The van der Waals surface area contributed by atoms with Gasteiger partial charge in [-0.15, -0.1) is 0 Å². The molecule has 1 aromatic rings. The molecular formula is C14H19N3O4. The lowest BCUT2D eigenvalue weighted by Crippen LogP contribution is -2.38. The van der Waals surface area contributed by atoms with Crippen LogP contribution in [0.15, 0.2) is 6.20 Å². The zero-order chi connectivity index (χ0) is 15.7. The van der Waals surface area contributed by atoms with E-state index in [1.54, 1.807) is 13.8 Å². The summed E-state index contributed by atoms with van der Waals surface area (Å²) in [5.41, 5.74) is 1.68. The number of carboxylic acid groups (broad SMARTS) is 1. The van der Waals surface area contributed by atoms with Crippen molar-refractivity contribution in [2.24, 2.45) is 5.92 Å². The maximum absolute atomic E-state index is 11.4. The third-order valence-electron chi connectivity index (χ3n) is 4.17. The molecule has 7 nitrogen and oxygen atoms in total. The van der Waals surface area contributed by atoms with Gasteiger partial charge in [0.25, 0.3) is 5.69 Å². The van der Waals surface area contributed by atoms with Gasteiger partial charge in [0.2, 0.25) is 0 Å². The van der Waals surface area contributed by atoms with Crippen molar-refractivity contribution in [3.8, 4) is 0 Å². The number of nitrogens with zero attached hydrogens (tertiary/aromatic N) is 3. The monoisotopic (exact) mass is 293 g/mol. The number of aliphatic carboxylic acids is 1. The van der Waals surface area contributed by atoms with Crippen molar-refractivity contribution in [1.29, 1.82) is 0 Å². The molecule has 0 radical (unpaired) electrons. The van der Waals surface area contributed by atoms with Gasteiger partial charge in [0.05, 0.1) is 10.6 Å². The molecule has 0 aliphatic carbocycles. The normalized spacial score (nSPS) is 22.4. The Bertz CT molecular complexity index is 588. The largest absolute Gasteiger partial charge is 0.480 e. The van der Waals surface area contributed by atoms with Crippen molar-refractivity contribution < 1.29 is 14.8 Å². The second-order valence-electron chi connectivity index (χ2n) is 5.64. The molecule has 0 aromatic carbocycles. The van der Waals surface area contributed by atoms with Crippen LogP contribution in [0.5, 0.6) is 0 Å². The number of carbonyl (C=O) groups is 1. The third-order valence-corrected chi connectivity index (χ3v) is 4.17. The molecule has 1 aliphatic heterocycles. The van der Waals surface area contributed by atoms with E-state index in [0.29, 0.717) is 29.9 Å². The Kier molecular flexibility index (Phi) is 4.22. The van der Waals surface area contributed by atoms with Gasteiger partial charge < -0.3 is 5.11 Å². The van der Waals surface area contributed by atoms with Crippen molar-refractivity contribution in [2.45, 2.75) is 39.8 Å². The van der Waals surface area contributed by atoms with E-state index < -0.39 is 16.9 Å². The molecule has 1 fully saturated rings. The van der Waals surface area contributed by atoms with Crippen LogP contribution in [0.25, 0.3) is 0 Å². The zero-order valence-corrected chi connectivity index (χ0v) is 12.4. The molecule has 21 heavy (non-hydrogen) atoms. The topological polar surface area (TPSA) is 96.6 Å². The Hall–Kier alpha value is -2.02. The number of likely N-dealkylation sites (tertiary alicyclic amines) is 1. The van der Waals surface area contributed by atoms with Crippen LogP contribution in [0.3, 0.4) is 0 Å². The van der Waals surface area contributed by atoms with E-state index in [1.165, 1.54) is 6.20 Å². The first kappa shape index (κ1) is 15.4. The average Bonchev–Trinajstić information content (AvgIpc) is 2.73. The number of carboxylic acids is 1. The summed E-state index contributed by atoms with van der Waals surface area (Å²) in [5.74, 6) is -0.775. The molecule has 1 aromatic heterocycles. The SMILES string of the molecule is Cc1cnc(CN2CCC(C)C2C(=O)O)c(C)c1[N+](=O)[O-]. The van der Waals surface area contributed by atoms with E-state index in [4.69, 9.17) is 0 Å². The van der Waals surface area contributed by atoms with Crippen LogP contribution in [-0.2, 0) is 11.3 Å². The van der Waals surface area contributed by atoms with E-state index in [2.05, 4.69) is 4.98 Å². The van der Waals surface area contributed by atoms with Gasteiger partial charge in [-0.3, -0.25) is 24.8 Å². The van der Waals surface area contributed by atoms with E-state index in [-0.39, 0.29) is 11.6 Å². The Balaban J connectivity index is 2.30. The van der Waals surface area contributed by atoms with Gasteiger partial charge in [-0.1, -0.05) is 6.92 Å². The molecule has 0 saturated carbocycles. The van der Waals surface area contributed by atoms with Crippen LogP contribution >= 0.6 is 0 Å². The minimum absolute atomic E-state index is 0.0686. The average molecular weight is 293 g/mol. The van der Waals surface area contributed by atoms with Crippen LogP contribution < -0.4 is 0 Å². The molecular weight excluding hydrogens is 274 g/mol. The van der Waals surface area contributed by atoms with E-state index >= 15 is 0 Å². The molecule has 2 rings (SSSR count). The van der Waals surface area contributed by atoms with Gasteiger partial charge in [-0.25, -0.2) is 0 Å². The summed E-state index contributed by atoms with van der Waals surface area (Å²) in [6, 6.07) is -0.549. The first-order valence-corrected chi connectivity index (χ1v) is 6.89. The summed E-state index contributed by atoms with van der Waals surface area (Å²) < 4.78 is 0. The number of hydrogen-bond acceptors (Lipinski definition) is 5. The van der Waals surface area contributed by atoms with Gasteiger partial charge in [-0.05, 0) is 32.7 Å². The second kappa shape index (κ2) is 5.77. The van der Waals surface area contributed by atoms with Crippen molar-refractivity contribution in [3.63, 3.8) is 0 Å². The number of aryl methyl sites for hydroxylation is 1. The van der Waals surface area contributed by atoms with E-state index in [1.807, 2.05) is 11.8 Å². The highest BCUT2D eigenvalue weighted by atomic mass is 16.6. The first-order chi connectivity index (χ1) is 9.82. The zero-order valence-electron chi connectivity index (χ0n) is 12.4. The molecule has 1 N–H and O–H groups in total. The molecule has 0 bridgehead atoms. The predicted octanol–water partition coefficient (Wildman–Crippen LogP) is 1.90. The summed E-state index contributed by atoms with van der Waals surface area (Å²) in [6.07, 6.45) is 2.29. The lowest BCUT2D eigenvalue weighted by molar-refractivity contribution is -0.386. The maximum atomic E-state index is 11.4. The quantitative estimate of drug-likeness (QED) is 0.672. The van der Waals surface area contributed by atoms with Crippen LogP contribution in [-0.4, -0.2) is 38.5 Å². The Labute approximate surface area is 122 Å². The molecule has 0 amide bonds. The third kappa shape index (κ3) is 2.87. The molecule has 114 valence electrons. The van der Waals surface area contributed by atoms with Gasteiger partial charge in [0, 0.05) is 23.9 Å². The van der Waals surface area contributed by atoms with Crippen molar-refractivity contribution in [3.05, 3.63) is 33.1 Å². The standard InChI is InChI=1S/C14H19N3O4/c1-8-4-5-16(13(8)14(18)19)7-11-10(3)12(17(20)21)9(2)6-15-11/h6,8,13H,4-5,7H2,1-3H3,(H,18,19). The van der Waals surface area contributed by atoms with Crippen LogP contribution in [0.2, 0.25) is 0 Å². The number of nitro groups is 1. The minimum Gasteiger partial charge on any atom is -0.480 e.